The number of nitrogen functional groups attached to an aromatic ring is 1. The van der Waals surface area contributed by atoms with E-state index in [2.05, 4.69) is 9.47 Å². The van der Waals surface area contributed by atoms with Crippen LogP contribution in [0, 0.1) is 0 Å². The minimum Gasteiger partial charge on any atom is -0.466 e. The van der Waals surface area contributed by atoms with Crippen LogP contribution in [0.5, 0.6) is 5.75 Å². The lowest BCUT2D eigenvalue weighted by Gasteiger charge is -2.11. The summed E-state index contributed by atoms with van der Waals surface area (Å²) in [5, 5.41) is 0. The number of alkyl halides is 3. The second-order valence-electron chi connectivity index (χ2n) is 3.44. The van der Waals surface area contributed by atoms with E-state index in [1.54, 1.807) is 6.92 Å². The van der Waals surface area contributed by atoms with Crippen molar-refractivity contribution in [3.05, 3.63) is 23.8 Å². The molecular formula is C11H12F3NO3. The van der Waals surface area contributed by atoms with Gasteiger partial charge in [0.05, 0.1) is 13.0 Å². The molecule has 18 heavy (non-hydrogen) atoms. The van der Waals surface area contributed by atoms with Crippen molar-refractivity contribution in [2.45, 2.75) is 19.7 Å². The van der Waals surface area contributed by atoms with E-state index in [0.717, 1.165) is 12.1 Å². The summed E-state index contributed by atoms with van der Waals surface area (Å²) in [7, 11) is 0. The summed E-state index contributed by atoms with van der Waals surface area (Å²) in [6, 6.07) is 3.52. The van der Waals surface area contributed by atoms with Crippen molar-refractivity contribution in [2.75, 3.05) is 12.3 Å². The molecule has 0 aliphatic rings. The summed E-state index contributed by atoms with van der Waals surface area (Å²) in [5.41, 5.74) is 5.81. The van der Waals surface area contributed by atoms with Gasteiger partial charge in [0.15, 0.2) is 0 Å². The molecule has 2 N–H and O–H groups in total. The van der Waals surface area contributed by atoms with Crippen LogP contribution in [0.25, 0.3) is 0 Å². The van der Waals surface area contributed by atoms with E-state index in [1.807, 2.05) is 0 Å². The predicted octanol–water partition coefficient (Wildman–Crippen LogP) is 2.27. The first-order valence-corrected chi connectivity index (χ1v) is 5.11. The molecule has 0 spiro atoms. The molecule has 100 valence electrons. The van der Waals surface area contributed by atoms with E-state index in [4.69, 9.17) is 5.73 Å². The van der Waals surface area contributed by atoms with E-state index in [9.17, 15) is 18.0 Å². The first-order valence-electron chi connectivity index (χ1n) is 5.11. The van der Waals surface area contributed by atoms with Crippen LogP contribution in [0.4, 0.5) is 18.9 Å². The van der Waals surface area contributed by atoms with Gasteiger partial charge in [0.2, 0.25) is 0 Å². The molecule has 7 heteroatoms. The number of benzene rings is 1. The molecule has 0 fully saturated rings. The standard InChI is InChI=1S/C11H12F3NO3/c1-2-17-10(16)5-7-3-8(15)6-9(4-7)18-11(12,13)14/h3-4,6H,2,5,15H2,1H3. The van der Waals surface area contributed by atoms with Crippen molar-refractivity contribution in [3.63, 3.8) is 0 Å². The largest absolute Gasteiger partial charge is 0.573 e. The minimum atomic E-state index is -4.80. The van der Waals surface area contributed by atoms with Gasteiger partial charge < -0.3 is 15.2 Å². The summed E-state index contributed by atoms with van der Waals surface area (Å²) in [5.74, 6) is -0.997. The Labute approximate surface area is 101 Å². The summed E-state index contributed by atoms with van der Waals surface area (Å²) >= 11 is 0. The Kier molecular flexibility index (Phi) is 4.41. The smallest absolute Gasteiger partial charge is 0.466 e. The number of hydrogen-bond acceptors (Lipinski definition) is 4. The number of halogens is 3. The number of hydrogen-bond donors (Lipinski definition) is 1. The lowest BCUT2D eigenvalue weighted by atomic mass is 10.1. The van der Waals surface area contributed by atoms with E-state index in [-0.39, 0.29) is 18.7 Å². The number of ether oxygens (including phenoxy) is 2. The quantitative estimate of drug-likeness (QED) is 0.668. The number of esters is 1. The summed E-state index contributed by atoms with van der Waals surface area (Å²) in [6.45, 7) is 1.84. The highest BCUT2D eigenvalue weighted by Crippen LogP contribution is 2.26. The van der Waals surface area contributed by atoms with Crippen molar-refractivity contribution < 1.29 is 27.4 Å². The van der Waals surface area contributed by atoms with Crippen LogP contribution in [0.3, 0.4) is 0 Å². The van der Waals surface area contributed by atoms with Crippen molar-refractivity contribution >= 4 is 11.7 Å². The Hall–Kier alpha value is -1.92. The van der Waals surface area contributed by atoms with Crippen molar-refractivity contribution in [1.29, 1.82) is 0 Å². The molecular weight excluding hydrogens is 251 g/mol. The van der Waals surface area contributed by atoms with Crippen LogP contribution in [-0.4, -0.2) is 18.9 Å². The molecule has 0 aliphatic carbocycles. The van der Waals surface area contributed by atoms with Crippen LogP contribution in [0.1, 0.15) is 12.5 Å². The van der Waals surface area contributed by atoms with Gasteiger partial charge in [-0.3, -0.25) is 4.79 Å². The molecule has 0 saturated carbocycles. The van der Waals surface area contributed by atoms with Crippen LogP contribution in [0.15, 0.2) is 18.2 Å². The molecule has 0 aromatic heterocycles. The molecule has 0 unspecified atom stereocenters. The highest BCUT2D eigenvalue weighted by Gasteiger charge is 2.31. The maximum atomic E-state index is 12.0. The Morgan fingerprint density at radius 2 is 2.00 bits per heavy atom. The van der Waals surface area contributed by atoms with Gasteiger partial charge in [-0.2, -0.15) is 0 Å². The average Bonchev–Trinajstić information content (AvgIpc) is 2.13. The zero-order valence-corrected chi connectivity index (χ0v) is 9.58. The van der Waals surface area contributed by atoms with Gasteiger partial charge in [0, 0.05) is 11.8 Å². The molecule has 4 nitrogen and oxygen atoms in total. The van der Waals surface area contributed by atoms with Crippen LogP contribution in [-0.2, 0) is 16.0 Å². The van der Waals surface area contributed by atoms with Crippen LogP contribution >= 0.6 is 0 Å². The third-order valence-corrected chi connectivity index (χ3v) is 1.88. The summed E-state index contributed by atoms with van der Waals surface area (Å²) < 4.78 is 44.5. The molecule has 0 bridgehead atoms. The van der Waals surface area contributed by atoms with Gasteiger partial charge >= 0.3 is 12.3 Å². The molecule has 0 aliphatic heterocycles. The zero-order valence-electron chi connectivity index (χ0n) is 9.58. The molecule has 0 saturated heterocycles. The molecule has 0 amide bonds. The highest BCUT2D eigenvalue weighted by atomic mass is 19.4. The Morgan fingerprint density at radius 1 is 1.33 bits per heavy atom. The van der Waals surface area contributed by atoms with E-state index in [0.29, 0.717) is 5.56 Å². The van der Waals surface area contributed by atoms with Gasteiger partial charge in [0.25, 0.3) is 0 Å². The normalized spacial score (nSPS) is 11.1. The lowest BCUT2D eigenvalue weighted by Crippen LogP contribution is -2.17. The molecule has 1 aromatic rings. The van der Waals surface area contributed by atoms with Gasteiger partial charge in [-0.25, -0.2) is 0 Å². The van der Waals surface area contributed by atoms with Crippen LogP contribution in [0.2, 0.25) is 0 Å². The highest BCUT2D eigenvalue weighted by molar-refractivity contribution is 5.73. The fraction of sp³-hybridized carbons (Fsp3) is 0.364. The third-order valence-electron chi connectivity index (χ3n) is 1.88. The number of carbonyl (C=O) groups is 1. The lowest BCUT2D eigenvalue weighted by molar-refractivity contribution is -0.274. The second kappa shape index (κ2) is 5.61. The zero-order chi connectivity index (χ0) is 13.8. The van der Waals surface area contributed by atoms with Crippen LogP contribution < -0.4 is 10.5 Å². The fourth-order valence-corrected chi connectivity index (χ4v) is 1.36. The Morgan fingerprint density at radius 3 is 2.56 bits per heavy atom. The van der Waals surface area contributed by atoms with E-state index in [1.165, 1.54) is 6.07 Å². The molecule has 0 heterocycles. The summed E-state index contributed by atoms with van der Waals surface area (Å²) in [6.07, 6.45) is -4.96. The van der Waals surface area contributed by atoms with Crippen molar-refractivity contribution in [1.82, 2.24) is 0 Å². The Bertz CT molecular complexity index is 432. The van der Waals surface area contributed by atoms with E-state index >= 15 is 0 Å². The summed E-state index contributed by atoms with van der Waals surface area (Å²) in [4.78, 5) is 11.2. The number of carbonyl (C=O) groups excluding carboxylic acids is 1. The first-order chi connectivity index (χ1) is 8.30. The van der Waals surface area contributed by atoms with Gasteiger partial charge in [-0.15, -0.1) is 13.2 Å². The van der Waals surface area contributed by atoms with Crippen molar-refractivity contribution in [3.8, 4) is 5.75 Å². The number of anilines is 1. The van der Waals surface area contributed by atoms with Gasteiger partial charge in [0.1, 0.15) is 5.75 Å². The minimum absolute atomic E-state index is 0.0797. The van der Waals surface area contributed by atoms with Crippen molar-refractivity contribution in [2.24, 2.45) is 0 Å². The van der Waals surface area contributed by atoms with Gasteiger partial charge in [-0.1, -0.05) is 0 Å². The van der Waals surface area contributed by atoms with Gasteiger partial charge in [-0.05, 0) is 24.6 Å². The average molecular weight is 263 g/mol. The maximum Gasteiger partial charge on any atom is 0.573 e. The first kappa shape index (κ1) is 14.1. The topological polar surface area (TPSA) is 61.5 Å². The molecule has 1 rings (SSSR count). The number of nitrogens with two attached hydrogens (primary N) is 1. The fourth-order valence-electron chi connectivity index (χ4n) is 1.36. The maximum absolute atomic E-state index is 12.0. The Balaban J connectivity index is 2.84. The monoisotopic (exact) mass is 263 g/mol. The predicted molar refractivity (Wildman–Crippen MR) is 57.9 cm³/mol. The molecule has 0 atom stereocenters. The molecule has 0 radical (unpaired) electrons. The second-order valence-corrected chi connectivity index (χ2v) is 3.44. The third kappa shape index (κ3) is 4.94. The van der Waals surface area contributed by atoms with E-state index < -0.39 is 18.1 Å². The number of rotatable bonds is 4. The SMILES string of the molecule is CCOC(=O)Cc1cc(N)cc(OC(F)(F)F)c1. The molecule has 1 aromatic carbocycles.